The van der Waals surface area contributed by atoms with Gasteiger partial charge >= 0.3 is 0 Å². The van der Waals surface area contributed by atoms with Crippen LogP contribution in [0.3, 0.4) is 0 Å². The maximum atomic E-state index is 10.9. The van der Waals surface area contributed by atoms with Crippen molar-refractivity contribution in [3.05, 3.63) is 12.4 Å². The molecule has 0 radical (unpaired) electrons. The third kappa shape index (κ3) is 0.875. The minimum atomic E-state index is -0.0440. The fourth-order valence-electron chi connectivity index (χ4n) is 1.16. The zero-order chi connectivity index (χ0) is 7.72. The van der Waals surface area contributed by atoms with Crippen LogP contribution >= 0.6 is 0 Å². The highest BCUT2D eigenvalue weighted by molar-refractivity contribution is 5.85. The van der Waals surface area contributed by atoms with Gasteiger partial charge in [-0.2, -0.15) is 0 Å². The Hall–Kier alpha value is -0.990. The Labute approximate surface area is 60.7 Å². The number of carbonyl (C=O) groups is 1. The Morgan fingerprint density at radius 1 is 1.80 bits per heavy atom. The van der Waals surface area contributed by atoms with Crippen molar-refractivity contribution in [3.8, 4) is 0 Å². The first-order valence-electron chi connectivity index (χ1n) is 3.43. The fourth-order valence-corrected chi connectivity index (χ4v) is 1.16. The number of rotatable bonds is 1. The van der Waals surface area contributed by atoms with Gasteiger partial charge in [0.15, 0.2) is 0 Å². The van der Waals surface area contributed by atoms with Crippen LogP contribution in [0.4, 0.5) is 0 Å². The molecule has 1 unspecified atom stereocenters. The van der Waals surface area contributed by atoms with E-state index < -0.39 is 0 Å². The number of hydrogen-bond acceptors (Lipinski definition) is 2. The standard InChI is InChI=1S/C7H12N2O/c1-4-9-5(2)7(10)8-6(9)3/h5H,3-4H2,1-2H3,(H,8,10). The molecular weight excluding hydrogens is 128 g/mol. The molecule has 0 aromatic carbocycles. The van der Waals surface area contributed by atoms with E-state index in [1.807, 2.05) is 18.7 Å². The minimum Gasteiger partial charge on any atom is -0.347 e. The predicted octanol–water partition coefficient (Wildman–Crippen LogP) is 0.298. The monoisotopic (exact) mass is 140 g/mol. The number of nitrogens with one attached hydrogen (secondary N) is 1. The summed E-state index contributed by atoms with van der Waals surface area (Å²) in [5, 5.41) is 2.66. The summed E-state index contributed by atoms with van der Waals surface area (Å²) in [4.78, 5) is 12.9. The fraction of sp³-hybridized carbons (Fsp3) is 0.571. The van der Waals surface area contributed by atoms with Gasteiger partial charge in [0, 0.05) is 6.54 Å². The Balaban J connectivity index is 2.73. The highest BCUT2D eigenvalue weighted by atomic mass is 16.2. The van der Waals surface area contributed by atoms with Gasteiger partial charge in [0.25, 0.3) is 0 Å². The zero-order valence-corrected chi connectivity index (χ0v) is 6.35. The van der Waals surface area contributed by atoms with Crippen molar-refractivity contribution in [2.75, 3.05) is 6.54 Å². The topological polar surface area (TPSA) is 32.3 Å². The first kappa shape index (κ1) is 7.12. The molecule has 0 bridgehead atoms. The average molecular weight is 140 g/mol. The molecular formula is C7H12N2O. The second-order valence-corrected chi connectivity index (χ2v) is 2.40. The summed E-state index contributed by atoms with van der Waals surface area (Å²) in [6, 6.07) is -0.0440. The van der Waals surface area contributed by atoms with Crippen molar-refractivity contribution in [1.29, 1.82) is 0 Å². The van der Waals surface area contributed by atoms with Gasteiger partial charge in [-0.1, -0.05) is 6.58 Å². The van der Waals surface area contributed by atoms with Crippen molar-refractivity contribution < 1.29 is 4.79 Å². The van der Waals surface area contributed by atoms with Crippen LogP contribution < -0.4 is 5.32 Å². The predicted molar refractivity (Wildman–Crippen MR) is 39.1 cm³/mol. The molecule has 1 fully saturated rings. The quantitative estimate of drug-likeness (QED) is 0.568. The Morgan fingerprint density at radius 3 is 2.60 bits per heavy atom. The van der Waals surface area contributed by atoms with E-state index in [9.17, 15) is 4.79 Å². The van der Waals surface area contributed by atoms with Crippen LogP contribution in [0.25, 0.3) is 0 Å². The molecule has 0 aromatic heterocycles. The molecule has 1 heterocycles. The van der Waals surface area contributed by atoms with Crippen molar-refractivity contribution >= 4 is 5.91 Å². The smallest absolute Gasteiger partial charge is 0.247 e. The molecule has 0 aliphatic carbocycles. The average Bonchev–Trinajstić information content (AvgIpc) is 2.09. The highest BCUT2D eigenvalue weighted by Gasteiger charge is 2.28. The molecule has 0 saturated carbocycles. The van der Waals surface area contributed by atoms with E-state index >= 15 is 0 Å². The lowest BCUT2D eigenvalue weighted by molar-refractivity contribution is -0.121. The van der Waals surface area contributed by atoms with Gasteiger partial charge in [-0.25, -0.2) is 0 Å². The van der Waals surface area contributed by atoms with Crippen LogP contribution in [0.15, 0.2) is 12.4 Å². The molecule has 1 aliphatic heterocycles. The lowest BCUT2D eigenvalue weighted by Gasteiger charge is -2.18. The minimum absolute atomic E-state index is 0.0440. The van der Waals surface area contributed by atoms with E-state index in [0.717, 1.165) is 12.4 Å². The molecule has 56 valence electrons. The number of carbonyl (C=O) groups excluding carboxylic acids is 1. The van der Waals surface area contributed by atoms with E-state index in [2.05, 4.69) is 11.9 Å². The first-order chi connectivity index (χ1) is 4.66. The lowest BCUT2D eigenvalue weighted by atomic mass is 10.3. The maximum Gasteiger partial charge on any atom is 0.247 e. The van der Waals surface area contributed by atoms with Crippen molar-refractivity contribution in [2.45, 2.75) is 19.9 Å². The summed E-state index contributed by atoms with van der Waals surface area (Å²) in [5.74, 6) is 0.770. The molecule has 1 rings (SSSR count). The zero-order valence-electron chi connectivity index (χ0n) is 6.35. The second kappa shape index (κ2) is 2.33. The summed E-state index contributed by atoms with van der Waals surface area (Å²) in [5.41, 5.74) is 0. The Kier molecular flexibility index (Phi) is 1.66. The molecule has 0 aromatic rings. The van der Waals surface area contributed by atoms with E-state index in [1.54, 1.807) is 0 Å². The lowest BCUT2D eigenvalue weighted by Crippen LogP contribution is -2.28. The molecule has 1 amide bonds. The van der Waals surface area contributed by atoms with Crippen molar-refractivity contribution in [3.63, 3.8) is 0 Å². The third-order valence-corrected chi connectivity index (χ3v) is 1.80. The van der Waals surface area contributed by atoms with Crippen molar-refractivity contribution in [2.24, 2.45) is 0 Å². The van der Waals surface area contributed by atoms with Crippen molar-refractivity contribution in [1.82, 2.24) is 10.2 Å². The van der Waals surface area contributed by atoms with Gasteiger partial charge in [0.2, 0.25) is 5.91 Å². The van der Waals surface area contributed by atoms with Crippen LogP contribution in [0.1, 0.15) is 13.8 Å². The molecule has 3 nitrogen and oxygen atoms in total. The second-order valence-electron chi connectivity index (χ2n) is 2.40. The number of amides is 1. The first-order valence-corrected chi connectivity index (χ1v) is 3.43. The van der Waals surface area contributed by atoms with Gasteiger partial charge < -0.3 is 10.2 Å². The van der Waals surface area contributed by atoms with E-state index in [-0.39, 0.29) is 11.9 Å². The Morgan fingerprint density at radius 2 is 2.40 bits per heavy atom. The maximum absolute atomic E-state index is 10.9. The Bertz CT molecular complexity index is 176. The number of hydrogen-bond donors (Lipinski definition) is 1. The molecule has 1 atom stereocenters. The molecule has 1 saturated heterocycles. The van der Waals surface area contributed by atoms with Crippen LogP contribution in [0, 0.1) is 0 Å². The summed E-state index contributed by atoms with van der Waals surface area (Å²) < 4.78 is 0. The van der Waals surface area contributed by atoms with Crippen LogP contribution in [-0.4, -0.2) is 23.4 Å². The third-order valence-electron chi connectivity index (χ3n) is 1.80. The van der Waals surface area contributed by atoms with Gasteiger partial charge in [0.1, 0.15) is 11.9 Å². The van der Waals surface area contributed by atoms with E-state index in [0.29, 0.717) is 0 Å². The van der Waals surface area contributed by atoms with Gasteiger partial charge in [-0.3, -0.25) is 4.79 Å². The van der Waals surface area contributed by atoms with Gasteiger partial charge in [0.05, 0.1) is 0 Å². The summed E-state index contributed by atoms with van der Waals surface area (Å²) >= 11 is 0. The molecule has 3 heteroatoms. The highest BCUT2D eigenvalue weighted by Crippen LogP contribution is 2.11. The van der Waals surface area contributed by atoms with Gasteiger partial charge in [-0.05, 0) is 13.8 Å². The summed E-state index contributed by atoms with van der Waals surface area (Å²) in [7, 11) is 0. The normalized spacial score (nSPS) is 25.4. The van der Waals surface area contributed by atoms with Crippen LogP contribution in [0.2, 0.25) is 0 Å². The summed E-state index contributed by atoms with van der Waals surface area (Å²) in [6.45, 7) is 8.41. The van der Waals surface area contributed by atoms with E-state index in [4.69, 9.17) is 0 Å². The molecule has 10 heavy (non-hydrogen) atoms. The number of nitrogens with zero attached hydrogens (tertiary/aromatic N) is 1. The largest absolute Gasteiger partial charge is 0.347 e. The molecule has 1 aliphatic rings. The molecule has 1 N–H and O–H groups in total. The van der Waals surface area contributed by atoms with Gasteiger partial charge in [-0.15, -0.1) is 0 Å². The van der Waals surface area contributed by atoms with Crippen LogP contribution in [-0.2, 0) is 4.79 Å². The number of likely N-dealkylation sites (N-methyl/N-ethyl adjacent to an activating group) is 1. The SMILES string of the molecule is C=C1NC(=O)C(C)N1CC. The van der Waals surface area contributed by atoms with E-state index in [1.165, 1.54) is 0 Å². The molecule has 0 spiro atoms. The summed E-state index contributed by atoms with van der Waals surface area (Å²) in [6.07, 6.45) is 0. The van der Waals surface area contributed by atoms with Crippen LogP contribution in [0.5, 0.6) is 0 Å².